The number of hydrogen-bond acceptors (Lipinski definition) is 0. The second kappa shape index (κ2) is 2.64. The average molecular weight is 120 g/mol. The van der Waals surface area contributed by atoms with E-state index in [0.29, 0.717) is 5.92 Å². The van der Waals surface area contributed by atoms with Gasteiger partial charge in [0.05, 0.1) is 0 Å². The van der Waals surface area contributed by atoms with Crippen molar-refractivity contribution in [2.24, 2.45) is 5.92 Å². The summed E-state index contributed by atoms with van der Waals surface area (Å²) >= 11 is 5.53. The maximum absolute atomic E-state index is 5.53. The molecule has 0 amide bonds. The van der Waals surface area contributed by atoms with Gasteiger partial charge < -0.3 is 0 Å². The molecule has 0 saturated heterocycles. The standard InChI is InChI=1S/C4H8ClSi/c1-3(2)4(5)6/h3-4H,1-2H3. The molecular weight excluding hydrogens is 112 g/mol. The van der Waals surface area contributed by atoms with Crippen LogP contribution in [0.4, 0.5) is 0 Å². The molecule has 0 heterocycles. The lowest BCUT2D eigenvalue weighted by atomic mass is 10.3. The minimum atomic E-state index is 0.130. The third kappa shape index (κ3) is 2.73. The first-order chi connectivity index (χ1) is 2.64. The Morgan fingerprint density at radius 2 is 1.67 bits per heavy atom. The summed E-state index contributed by atoms with van der Waals surface area (Å²) in [5.74, 6) is 0.531. The maximum atomic E-state index is 5.53. The normalized spacial score (nSPS) is 15.5. The van der Waals surface area contributed by atoms with Crippen LogP contribution >= 0.6 is 11.6 Å². The number of rotatable bonds is 1. The molecule has 0 spiro atoms. The van der Waals surface area contributed by atoms with Crippen LogP contribution in [0.25, 0.3) is 0 Å². The maximum Gasteiger partial charge on any atom is 0.0490 e. The molecule has 1 atom stereocenters. The van der Waals surface area contributed by atoms with Crippen LogP contribution in [0.2, 0.25) is 0 Å². The summed E-state index contributed by atoms with van der Waals surface area (Å²) < 4.78 is 0. The Bertz CT molecular complexity index is 28.5. The predicted octanol–water partition coefficient (Wildman–Crippen LogP) is 1.38. The SMILES string of the molecule is CC(C)C([Si])Cl. The molecule has 0 N–H and O–H groups in total. The molecule has 0 bridgehead atoms. The van der Waals surface area contributed by atoms with Gasteiger partial charge in [0.2, 0.25) is 0 Å². The Balaban J connectivity index is 2.99. The lowest BCUT2D eigenvalue weighted by Crippen LogP contribution is -2.05. The van der Waals surface area contributed by atoms with E-state index in [1.807, 2.05) is 0 Å². The van der Waals surface area contributed by atoms with Crippen molar-refractivity contribution in [3.8, 4) is 0 Å². The van der Waals surface area contributed by atoms with Gasteiger partial charge in [-0.1, -0.05) is 13.8 Å². The summed E-state index contributed by atoms with van der Waals surface area (Å²) in [4.78, 5) is 0. The van der Waals surface area contributed by atoms with Crippen molar-refractivity contribution in [3.63, 3.8) is 0 Å². The second-order valence-electron chi connectivity index (χ2n) is 1.65. The van der Waals surface area contributed by atoms with Crippen molar-refractivity contribution >= 4 is 21.8 Å². The topological polar surface area (TPSA) is 0 Å². The molecule has 0 aromatic heterocycles. The zero-order chi connectivity index (χ0) is 5.15. The first-order valence-corrected chi connectivity index (χ1v) is 3.01. The molecule has 1 unspecified atom stereocenters. The smallest absolute Gasteiger partial charge is 0.0490 e. The van der Waals surface area contributed by atoms with E-state index in [0.717, 1.165) is 0 Å². The van der Waals surface area contributed by atoms with E-state index in [1.54, 1.807) is 0 Å². The van der Waals surface area contributed by atoms with E-state index >= 15 is 0 Å². The molecular formula is C4H8ClSi. The predicted molar refractivity (Wildman–Crippen MR) is 30.2 cm³/mol. The summed E-state index contributed by atoms with van der Waals surface area (Å²) in [5.41, 5.74) is 0. The highest BCUT2D eigenvalue weighted by Gasteiger charge is 1.98. The fraction of sp³-hybridized carbons (Fsp3) is 1.00. The van der Waals surface area contributed by atoms with Crippen LogP contribution in [0.15, 0.2) is 0 Å². The van der Waals surface area contributed by atoms with Gasteiger partial charge in [-0.3, -0.25) is 0 Å². The Morgan fingerprint density at radius 3 is 1.67 bits per heavy atom. The largest absolute Gasteiger partial charge is 0.127 e. The number of hydrogen-bond donors (Lipinski definition) is 0. The molecule has 0 fully saturated rings. The van der Waals surface area contributed by atoms with Gasteiger partial charge in [-0.15, -0.1) is 11.6 Å². The van der Waals surface area contributed by atoms with Crippen LogP contribution in [-0.2, 0) is 0 Å². The van der Waals surface area contributed by atoms with E-state index < -0.39 is 0 Å². The summed E-state index contributed by atoms with van der Waals surface area (Å²) in [6, 6.07) is 0. The lowest BCUT2D eigenvalue weighted by Gasteiger charge is -2.02. The van der Waals surface area contributed by atoms with Crippen LogP contribution in [0.3, 0.4) is 0 Å². The van der Waals surface area contributed by atoms with Gasteiger partial charge in [0.25, 0.3) is 0 Å². The fourth-order valence-corrected chi connectivity index (χ4v) is 0. The van der Waals surface area contributed by atoms with Gasteiger partial charge in [0, 0.05) is 15.2 Å². The molecule has 0 aliphatic carbocycles. The molecule has 2 heteroatoms. The van der Waals surface area contributed by atoms with Gasteiger partial charge in [-0.05, 0) is 5.92 Å². The zero-order valence-corrected chi connectivity index (χ0v) is 5.79. The van der Waals surface area contributed by atoms with Crippen molar-refractivity contribution in [2.75, 3.05) is 0 Å². The van der Waals surface area contributed by atoms with E-state index in [4.69, 9.17) is 11.6 Å². The van der Waals surface area contributed by atoms with E-state index in [9.17, 15) is 0 Å². The molecule has 0 rings (SSSR count). The van der Waals surface area contributed by atoms with Crippen LogP contribution in [0, 0.1) is 5.92 Å². The van der Waals surface area contributed by atoms with Crippen LogP contribution in [0.1, 0.15) is 13.8 Å². The summed E-state index contributed by atoms with van der Waals surface area (Å²) in [7, 11) is 3.25. The van der Waals surface area contributed by atoms with Crippen molar-refractivity contribution in [1.82, 2.24) is 0 Å². The number of alkyl halides is 1. The summed E-state index contributed by atoms with van der Waals surface area (Å²) in [5, 5.41) is 0.130. The first kappa shape index (κ1) is 6.51. The molecule has 0 aliphatic rings. The van der Waals surface area contributed by atoms with E-state index in [2.05, 4.69) is 24.1 Å². The van der Waals surface area contributed by atoms with Crippen LogP contribution in [0.5, 0.6) is 0 Å². The zero-order valence-electron chi connectivity index (χ0n) is 4.03. The average Bonchev–Trinajstić information content (AvgIpc) is 1.36. The minimum absolute atomic E-state index is 0.130. The van der Waals surface area contributed by atoms with Crippen molar-refractivity contribution in [3.05, 3.63) is 0 Å². The van der Waals surface area contributed by atoms with Gasteiger partial charge in [-0.25, -0.2) is 0 Å². The fourth-order valence-electron chi connectivity index (χ4n) is 0. The van der Waals surface area contributed by atoms with Gasteiger partial charge >= 0.3 is 0 Å². The van der Waals surface area contributed by atoms with Crippen molar-refractivity contribution < 1.29 is 0 Å². The Morgan fingerprint density at radius 1 is 1.50 bits per heavy atom. The first-order valence-electron chi connectivity index (χ1n) is 1.99. The molecule has 0 aliphatic heterocycles. The third-order valence-corrected chi connectivity index (χ3v) is 1.76. The quantitative estimate of drug-likeness (QED) is 0.362. The summed E-state index contributed by atoms with van der Waals surface area (Å²) in [6.45, 7) is 4.12. The Kier molecular flexibility index (Phi) is 2.87. The number of halogens is 1. The lowest BCUT2D eigenvalue weighted by molar-refractivity contribution is 0.708. The third-order valence-electron chi connectivity index (χ3n) is 0.585. The van der Waals surface area contributed by atoms with Gasteiger partial charge in [0.15, 0.2) is 0 Å². The van der Waals surface area contributed by atoms with Crippen molar-refractivity contribution in [1.29, 1.82) is 0 Å². The Labute approximate surface area is 47.3 Å². The Hall–Kier alpha value is 0.507. The van der Waals surface area contributed by atoms with Gasteiger partial charge in [-0.2, -0.15) is 0 Å². The van der Waals surface area contributed by atoms with Crippen LogP contribution in [-0.4, -0.2) is 15.2 Å². The summed E-state index contributed by atoms with van der Waals surface area (Å²) in [6.07, 6.45) is 0. The monoisotopic (exact) mass is 119 g/mol. The highest BCUT2D eigenvalue weighted by Crippen LogP contribution is 2.02. The molecule has 0 aromatic rings. The molecule has 0 saturated carbocycles. The van der Waals surface area contributed by atoms with Crippen LogP contribution < -0.4 is 0 Å². The minimum Gasteiger partial charge on any atom is -0.127 e. The highest BCUT2D eigenvalue weighted by atomic mass is 35.5. The van der Waals surface area contributed by atoms with Gasteiger partial charge in [0.1, 0.15) is 0 Å². The highest BCUT2D eigenvalue weighted by molar-refractivity contribution is 6.40. The molecule has 6 heavy (non-hydrogen) atoms. The molecule has 0 aromatic carbocycles. The molecule has 0 nitrogen and oxygen atoms in total. The van der Waals surface area contributed by atoms with E-state index in [1.165, 1.54) is 0 Å². The van der Waals surface area contributed by atoms with E-state index in [-0.39, 0.29) is 5.00 Å². The molecule has 3 radical (unpaired) electrons. The molecule has 35 valence electrons. The van der Waals surface area contributed by atoms with Crippen molar-refractivity contribution in [2.45, 2.75) is 18.8 Å². The second-order valence-corrected chi connectivity index (χ2v) is 3.10.